The number of oxazole rings is 1. The first-order valence-electron chi connectivity index (χ1n) is 6.26. The number of hydrogen-bond acceptors (Lipinski definition) is 4. The summed E-state index contributed by atoms with van der Waals surface area (Å²) in [5.41, 5.74) is 0.864. The van der Waals surface area contributed by atoms with Crippen LogP contribution in [0.25, 0.3) is 10.8 Å². The molecular weight excluding hydrogens is 260 g/mol. The Hall–Kier alpha value is -1.82. The van der Waals surface area contributed by atoms with Crippen LogP contribution in [0, 0.1) is 0 Å². The molecule has 2 aromatic rings. The van der Waals surface area contributed by atoms with Gasteiger partial charge in [0.15, 0.2) is 5.96 Å². The minimum atomic E-state index is 0.595. The highest BCUT2D eigenvalue weighted by Gasteiger charge is 2.07. The van der Waals surface area contributed by atoms with Gasteiger partial charge in [-0.25, -0.2) is 4.98 Å². The van der Waals surface area contributed by atoms with Crippen molar-refractivity contribution in [2.45, 2.75) is 19.9 Å². The van der Waals surface area contributed by atoms with E-state index in [1.165, 1.54) is 0 Å². The molecule has 6 heteroatoms. The minimum Gasteiger partial charge on any atom is -0.443 e. The maximum atomic E-state index is 5.46. The van der Waals surface area contributed by atoms with Crippen molar-refractivity contribution in [3.63, 3.8) is 0 Å². The van der Waals surface area contributed by atoms with Gasteiger partial charge in [-0.2, -0.15) is 0 Å². The molecule has 2 rings (SSSR count). The Morgan fingerprint density at radius 1 is 1.47 bits per heavy atom. The Bertz CT molecular complexity index is 518. The van der Waals surface area contributed by atoms with Gasteiger partial charge in [0, 0.05) is 13.6 Å². The quantitative estimate of drug-likeness (QED) is 0.651. The van der Waals surface area contributed by atoms with E-state index in [0.717, 1.165) is 29.5 Å². The topological polar surface area (TPSA) is 62.5 Å². The van der Waals surface area contributed by atoms with Crippen LogP contribution >= 0.6 is 11.3 Å². The minimum absolute atomic E-state index is 0.595. The van der Waals surface area contributed by atoms with Crippen LogP contribution in [0.2, 0.25) is 0 Å². The zero-order chi connectivity index (χ0) is 13.5. The summed E-state index contributed by atoms with van der Waals surface area (Å²) in [6.45, 7) is 3.61. The summed E-state index contributed by atoms with van der Waals surface area (Å²) in [6, 6.07) is 3.98. The molecule has 0 aromatic carbocycles. The van der Waals surface area contributed by atoms with Gasteiger partial charge in [-0.05, 0) is 17.9 Å². The van der Waals surface area contributed by atoms with Gasteiger partial charge in [0.2, 0.25) is 5.89 Å². The SMILES string of the molecule is CCCNC(=NC)NCc1coc(-c2cccs2)n1. The standard InChI is InChI=1S/C13H18N4OS/c1-3-6-15-13(14-2)16-8-10-9-18-12(17-10)11-5-4-7-19-11/h4-5,7,9H,3,6,8H2,1-2H3,(H2,14,15,16). The summed E-state index contributed by atoms with van der Waals surface area (Å²) in [5.74, 6) is 1.45. The van der Waals surface area contributed by atoms with E-state index in [1.54, 1.807) is 24.6 Å². The zero-order valence-electron chi connectivity index (χ0n) is 11.1. The van der Waals surface area contributed by atoms with E-state index < -0.39 is 0 Å². The molecular formula is C13H18N4OS. The zero-order valence-corrected chi connectivity index (χ0v) is 12.0. The maximum Gasteiger partial charge on any atom is 0.236 e. The molecule has 2 heterocycles. The Balaban J connectivity index is 1.90. The molecule has 0 radical (unpaired) electrons. The average molecular weight is 278 g/mol. The van der Waals surface area contributed by atoms with E-state index in [4.69, 9.17) is 4.42 Å². The van der Waals surface area contributed by atoms with Crippen molar-refractivity contribution in [3.05, 3.63) is 29.5 Å². The van der Waals surface area contributed by atoms with Crippen LogP contribution in [0.1, 0.15) is 19.0 Å². The summed E-state index contributed by atoms with van der Waals surface area (Å²) >= 11 is 1.62. The molecule has 0 aliphatic heterocycles. The monoisotopic (exact) mass is 278 g/mol. The normalized spacial score (nSPS) is 11.6. The highest BCUT2D eigenvalue weighted by molar-refractivity contribution is 7.13. The Morgan fingerprint density at radius 3 is 3.05 bits per heavy atom. The highest BCUT2D eigenvalue weighted by Crippen LogP contribution is 2.23. The number of aliphatic imine (C=N–C) groups is 1. The number of aromatic nitrogens is 1. The lowest BCUT2D eigenvalue weighted by atomic mass is 10.4. The van der Waals surface area contributed by atoms with Gasteiger partial charge >= 0.3 is 0 Å². The first-order valence-corrected chi connectivity index (χ1v) is 7.14. The van der Waals surface area contributed by atoms with Gasteiger partial charge < -0.3 is 15.1 Å². The van der Waals surface area contributed by atoms with E-state index in [0.29, 0.717) is 12.4 Å². The van der Waals surface area contributed by atoms with Gasteiger partial charge in [-0.15, -0.1) is 11.3 Å². The lowest BCUT2D eigenvalue weighted by Gasteiger charge is -2.09. The Morgan fingerprint density at radius 2 is 2.37 bits per heavy atom. The average Bonchev–Trinajstić information content (AvgIpc) is 3.09. The molecule has 5 nitrogen and oxygen atoms in total. The molecule has 0 saturated carbocycles. The van der Waals surface area contributed by atoms with Crippen LogP contribution in [-0.4, -0.2) is 24.5 Å². The van der Waals surface area contributed by atoms with Crippen molar-refractivity contribution in [2.24, 2.45) is 4.99 Å². The number of hydrogen-bond donors (Lipinski definition) is 2. The van der Waals surface area contributed by atoms with Crippen molar-refractivity contribution in [2.75, 3.05) is 13.6 Å². The predicted molar refractivity (Wildman–Crippen MR) is 78.3 cm³/mol. The second-order valence-electron chi connectivity index (χ2n) is 3.97. The maximum absolute atomic E-state index is 5.46. The third-order valence-electron chi connectivity index (χ3n) is 2.49. The van der Waals surface area contributed by atoms with E-state index >= 15 is 0 Å². The number of thiophene rings is 1. The number of rotatable bonds is 5. The van der Waals surface area contributed by atoms with Gasteiger partial charge in [0.1, 0.15) is 6.26 Å². The van der Waals surface area contributed by atoms with Crippen molar-refractivity contribution in [1.82, 2.24) is 15.6 Å². The molecule has 0 bridgehead atoms. The molecule has 19 heavy (non-hydrogen) atoms. The largest absolute Gasteiger partial charge is 0.443 e. The predicted octanol–water partition coefficient (Wildman–Crippen LogP) is 2.48. The van der Waals surface area contributed by atoms with Crippen LogP contribution in [0.4, 0.5) is 0 Å². The Kier molecular flexibility index (Phi) is 4.97. The first-order chi connectivity index (χ1) is 9.33. The smallest absolute Gasteiger partial charge is 0.236 e. The van der Waals surface area contributed by atoms with Crippen LogP contribution in [-0.2, 0) is 6.54 Å². The molecule has 0 unspecified atom stereocenters. The summed E-state index contributed by atoms with van der Waals surface area (Å²) < 4.78 is 5.46. The molecule has 0 saturated heterocycles. The molecule has 2 N–H and O–H groups in total. The molecule has 2 aromatic heterocycles. The lowest BCUT2D eigenvalue weighted by molar-refractivity contribution is 0.573. The molecule has 0 amide bonds. The first kappa shape index (κ1) is 13.6. The fourth-order valence-corrected chi connectivity index (χ4v) is 2.20. The van der Waals surface area contributed by atoms with E-state index in [2.05, 4.69) is 27.5 Å². The van der Waals surface area contributed by atoms with Crippen LogP contribution < -0.4 is 10.6 Å². The molecule has 0 aliphatic rings. The highest BCUT2D eigenvalue weighted by atomic mass is 32.1. The molecule has 102 valence electrons. The van der Waals surface area contributed by atoms with Crippen molar-refractivity contribution in [1.29, 1.82) is 0 Å². The van der Waals surface area contributed by atoms with E-state index in [1.807, 2.05) is 17.5 Å². The third-order valence-corrected chi connectivity index (χ3v) is 3.34. The van der Waals surface area contributed by atoms with E-state index in [9.17, 15) is 0 Å². The summed E-state index contributed by atoms with van der Waals surface area (Å²) in [7, 11) is 1.75. The van der Waals surface area contributed by atoms with Crippen LogP contribution in [0.3, 0.4) is 0 Å². The fourth-order valence-electron chi connectivity index (χ4n) is 1.54. The molecule has 0 atom stereocenters. The van der Waals surface area contributed by atoms with Crippen LogP contribution in [0.15, 0.2) is 33.2 Å². The van der Waals surface area contributed by atoms with E-state index in [-0.39, 0.29) is 0 Å². The second kappa shape index (κ2) is 6.94. The second-order valence-corrected chi connectivity index (χ2v) is 4.92. The lowest BCUT2D eigenvalue weighted by Crippen LogP contribution is -2.37. The van der Waals surface area contributed by atoms with Gasteiger partial charge in [-0.1, -0.05) is 13.0 Å². The van der Waals surface area contributed by atoms with Crippen molar-refractivity contribution >= 4 is 17.3 Å². The van der Waals surface area contributed by atoms with Gasteiger partial charge in [0.05, 0.1) is 17.1 Å². The number of guanidine groups is 1. The van der Waals surface area contributed by atoms with Gasteiger partial charge in [-0.3, -0.25) is 4.99 Å². The van der Waals surface area contributed by atoms with Crippen LogP contribution in [0.5, 0.6) is 0 Å². The van der Waals surface area contributed by atoms with Crippen molar-refractivity contribution in [3.8, 4) is 10.8 Å². The number of nitrogens with one attached hydrogen (secondary N) is 2. The molecule has 0 fully saturated rings. The summed E-state index contributed by atoms with van der Waals surface area (Å²) in [5, 5.41) is 8.41. The fraction of sp³-hybridized carbons (Fsp3) is 0.385. The molecule has 0 aliphatic carbocycles. The molecule has 0 spiro atoms. The van der Waals surface area contributed by atoms with Gasteiger partial charge in [0.25, 0.3) is 0 Å². The summed E-state index contributed by atoms with van der Waals surface area (Å²) in [4.78, 5) is 9.61. The van der Waals surface area contributed by atoms with Crippen molar-refractivity contribution < 1.29 is 4.42 Å². The Labute approximate surface area is 116 Å². The third kappa shape index (κ3) is 3.82. The summed E-state index contributed by atoms with van der Waals surface area (Å²) in [6.07, 6.45) is 2.74. The number of nitrogens with zero attached hydrogens (tertiary/aromatic N) is 2.